The largest absolute Gasteiger partial charge is 0.454 e. The summed E-state index contributed by atoms with van der Waals surface area (Å²) in [6.45, 7) is 0.256. The fourth-order valence-electron chi connectivity index (χ4n) is 3.89. The van der Waals surface area contributed by atoms with Crippen LogP contribution in [0.2, 0.25) is 0 Å². The maximum Gasteiger partial charge on any atom is 0.231 e. The van der Waals surface area contributed by atoms with Gasteiger partial charge < -0.3 is 9.47 Å². The van der Waals surface area contributed by atoms with Crippen molar-refractivity contribution in [1.82, 2.24) is 0 Å². The molecule has 0 spiro atoms. The molecule has 0 N–H and O–H groups in total. The summed E-state index contributed by atoms with van der Waals surface area (Å²) >= 11 is 0. The van der Waals surface area contributed by atoms with Crippen molar-refractivity contribution in [3.05, 3.63) is 83.9 Å². The Morgan fingerprint density at radius 1 is 0.815 bits per heavy atom. The third-order valence-corrected chi connectivity index (χ3v) is 5.61. The van der Waals surface area contributed by atoms with E-state index in [9.17, 15) is 4.79 Å². The lowest BCUT2D eigenvalue weighted by atomic mass is 9.87. The first-order chi connectivity index (χ1) is 13.2. The second kappa shape index (κ2) is 6.27. The van der Waals surface area contributed by atoms with Crippen LogP contribution in [-0.2, 0) is 16.6 Å². The Hall–Kier alpha value is -3.07. The van der Waals surface area contributed by atoms with Crippen LogP contribution in [0.1, 0.15) is 24.0 Å². The molecule has 3 aromatic carbocycles. The molecular formula is C24H20O3. The Bertz CT molecular complexity index is 1000. The smallest absolute Gasteiger partial charge is 0.231 e. The molecule has 0 unspecified atom stereocenters. The molecule has 0 bridgehead atoms. The Balaban J connectivity index is 1.39. The second-order valence-electron chi connectivity index (χ2n) is 7.32. The highest BCUT2D eigenvalue weighted by molar-refractivity contribution is 5.95. The van der Waals surface area contributed by atoms with Crippen LogP contribution in [-0.4, -0.2) is 12.6 Å². The van der Waals surface area contributed by atoms with Crippen molar-refractivity contribution in [3.63, 3.8) is 0 Å². The molecule has 0 saturated heterocycles. The predicted molar refractivity (Wildman–Crippen MR) is 104 cm³/mol. The van der Waals surface area contributed by atoms with E-state index in [4.69, 9.17) is 9.47 Å². The number of benzene rings is 3. The van der Waals surface area contributed by atoms with Gasteiger partial charge in [0.15, 0.2) is 11.5 Å². The normalized spacial score (nSPS) is 16.1. The Kier molecular flexibility index (Phi) is 3.75. The van der Waals surface area contributed by atoms with E-state index in [-0.39, 0.29) is 18.0 Å². The van der Waals surface area contributed by atoms with Gasteiger partial charge in [-0.1, -0.05) is 60.7 Å². The Morgan fingerprint density at radius 3 is 2.41 bits per heavy atom. The van der Waals surface area contributed by atoms with Gasteiger partial charge in [-0.05, 0) is 47.2 Å². The van der Waals surface area contributed by atoms with Gasteiger partial charge in [-0.25, -0.2) is 0 Å². The number of Topliss-reactive ketones (excluding diaryl/α,β-unsaturated/α-hetero) is 1. The first kappa shape index (κ1) is 16.1. The molecule has 1 heterocycles. The molecule has 27 heavy (non-hydrogen) atoms. The quantitative estimate of drug-likeness (QED) is 0.650. The third-order valence-electron chi connectivity index (χ3n) is 5.61. The lowest BCUT2D eigenvalue weighted by Crippen LogP contribution is -2.22. The van der Waals surface area contributed by atoms with Crippen molar-refractivity contribution < 1.29 is 14.3 Å². The highest BCUT2D eigenvalue weighted by Gasteiger charge is 2.50. The van der Waals surface area contributed by atoms with Crippen LogP contribution >= 0.6 is 0 Å². The number of fused-ring (bicyclic) bond motifs is 1. The van der Waals surface area contributed by atoms with E-state index in [0.717, 1.165) is 41.0 Å². The van der Waals surface area contributed by atoms with E-state index in [0.29, 0.717) is 6.42 Å². The molecule has 3 heteroatoms. The molecule has 2 aliphatic rings. The van der Waals surface area contributed by atoms with E-state index in [1.807, 2.05) is 48.5 Å². The number of carbonyl (C=O) groups excluding carboxylic acids is 1. The molecule has 1 saturated carbocycles. The molecule has 1 fully saturated rings. The van der Waals surface area contributed by atoms with E-state index >= 15 is 0 Å². The first-order valence-corrected chi connectivity index (χ1v) is 9.32. The molecule has 0 atom stereocenters. The molecule has 0 aromatic heterocycles. The average molecular weight is 356 g/mol. The highest BCUT2D eigenvalue weighted by Crippen LogP contribution is 2.51. The molecule has 0 radical (unpaired) electrons. The van der Waals surface area contributed by atoms with E-state index in [1.54, 1.807) is 0 Å². The first-order valence-electron chi connectivity index (χ1n) is 9.32. The van der Waals surface area contributed by atoms with Gasteiger partial charge in [0, 0.05) is 6.42 Å². The Labute approximate surface area is 158 Å². The van der Waals surface area contributed by atoms with Crippen molar-refractivity contribution in [2.45, 2.75) is 24.7 Å². The number of ether oxygens (including phenoxy) is 2. The van der Waals surface area contributed by atoms with Crippen LogP contribution in [0.4, 0.5) is 0 Å². The molecule has 5 rings (SSSR count). The van der Waals surface area contributed by atoms with Crippen LogP contribution in [0.25, 0.3) is 11.1 Å². The summed E-state index contributed by atoms with van der Waals surface area (Å²) in [5, 5.41) is 0. The van der Waals surface area contributed by atoms with Gasteiger partial charge in [-0.2, -0.15) is 0 Å². The summed E-state index contributed by atoms with van der Waals surface area (Å²) < 4.78 is 10.9. The SMILES string of the molecule is O=C(Cc1cccc(-c2ccccc2)c1)C1(c2ccc3c(c2)OCO3)CC1. The summed E-state index contributed by atoms with van der Waals surface area (Å²) in [6, 6.07) is 24.5. The van der Waals surface area contributed by atoms with Crippen molar-refractivity contribution >= 4 is 5.78 Å². The number of ketones is 1. The molecule has 0 amide bonds. The number of carbonyl (C=O) groups is 1. The van der Waals surface area contributed by atoms with Crippen LogP contribution in [0.5, 0.6) is 11.5 Å². The minimum atomic E-state index is -0.357. The van der Waals surface area contributed by atoms with E-state index in [1.165, 1.54) is 5.56 Å². The van der Waals surface area contributed by atoms with Gasteiger partial charge in [0.25, 0.3) is 0 Å². The van der Waals surface area contributed by atoms with E-state index in [2.05, 4.69) is 24.3 Å². The van der Waals surface area contributed by atoms with Crippen LogP contribution in [0, 0.1) is 0 Å². The minimum Gasteiger partial charge on any atom is -0.454 e. The fraction of sp³-hybridized carbons (Fsp3) is 0.208. The van der Waals surface area contributed by atoms with E-state index < -0.39 is 0 Å². The van der Waals surface area contributed by atoms with Gasteiger partial charge in [-0.3, -0.25) is 4.79 Å². The van der Waals surface area contributed by atoms with Crippen molar-refractivity contribution in [3.8, 4) is 22.6 Å². The van der Waals surface area contributed by atoms with Gasteiger partial charge >= 0.3 is 0 Å². The summed E-state index contributed by atoms with van der Waals surface area (Å²) in [6.07, 6.45) is 2.27. The van der Waals surface area contributed by atoms with Gasteiger partial charge in [0.05, 0.1) is 5.41 Å². The molecule has 1 aliphatic carbocycles. The fourth-order valence-corrected chi connectivity index (χ4v) is 3.89. The summed E-state index contributed by atoms with van der Waals surface area (Å²) in [7, 11) is 0. The molecular weight excluding hydrogens is 336 g/mol. The molecule has 134 valence electrons. The van der Waals surface area contributed by atoms with Crippen molar-refractivity contribution in [2.75, 3.05) is 6.79 Å². The second-order valence-corrected chi connectivity index (χ2v) is 7.32. The maximum atomic E-state index is 13.2. The van der Waals surface area contributed by atoms with Gasteiger partial charge in [0.1, 0.15) is 5.78 Å². The zero-order valence-electron chi connectivity index (χ0n) is 15.0. The van der Waals surface area contributed by atoms with Gasteiger partial charge in [0.2, 0.25) is 6.79 Å². The number of hydrogen-bond donors (Lipinski definition) is 0. The topological polar surface area (TPSA) is 35.5 Å². The molecule has 1 aliphatic heterocycles. The summed E-state index contributed by atoms with van der Waals surface area (Å²) in [5.41, 5.74) is 4.07. The van der Waals surface area contributed by atoms with Gasteiger partial charge in [-0.15, -0.1) is 0 Å². The maximum absolute atomic E-state index is 13.2. The lowest BCUT2D eigenvalue weighted by molar-refractivity contribution is -0.120. The zero-order chi connectivity index (χ0) is 18.3. The standard InChI is InChI=1S/C24H20O3/c25-23(14-17-5-4-8-19(13-17)18-6-2-1-3-7-18)24(11-12-24)20-9-10-21-22(15-20)27-16-26-21/h1-10,13,15H,11-12,14,16H2. The number of hydrogen-bond acceptors (Lipinski definition) is 3. The van der Waals surface area contributed by atoms with Crippen LogP contribution in [0.15, 0.2) is 72.8 Å². The lowest BCUT2D eigenvalue weighted by Gasteiger charge is -2.15. The monoisotopic (exact) mass is 356 g/mol. The zero-order valence-corrected chi connectivity index (χ0v) is 15.0. The summed E-state index contributed by atoms with van der Waals surface area (Å²) in [5.74, 6) is 1.79. The molecule has 3 aromatic rings. The molecule has 3 nitrogen and oxygen atoms in total. The van der Waals surface area contributed by atoms with Crippen molar-refractivity contribution in [1.29, 1.82) is 0 Å². The number of rotatable bonds is 5. The average Bonchev–Trinajstić information content (AvgIpc) is 3.40. The van der Waals surface area contributed by atoms with Crippen molar-refractivity contribution in [2.24, 2.45) is 0 Å². The van der Waals surface area contributed by atoms with Crippen LogP contribution < -0.4 is 9.47 Å². The highest BCUT2D eigenvalue weighted by atomic mass is 16.7. The van der Waals surface area contributed by atoms with Crippen LogP contribution in [0.3, 0.4) is 0 Å². The minimum absolute atomic E-state index is 0.256. The summed E-state index contributed by atoms with van der Waals surface area (Å²) in [4.78, 5) is 13.2. The third kappa shape index (κ3) is 2.89. The predicted octanol–water partition coefficient (Wildman–Crippen LogP) is 4.93. The Morgan fingerprint density at radius 2 is 1.59 bits per heavy atom.